The van der Waals surface area contributed by atoms with Crippen molar-refractivity contribution in [1.82, 2.24) is 0 Å². The summed E-state index contributed by atoms with van der Waals surface area (Å²) in [5, 5.41) is 4.32. The van der Waals surface area contributed by atoms with E-state index < -0.39 is 34.8 Å². The minimum atomic E-state index is -2.26. The third kappa shape index (κ3) is 5.28. The lowest BCUT2D eigenvalue weighted by molar-refractivity contribution is 0.306. The Kier molecular flexibility index (Phi) is 7.40. The summed E-state index contributed by atoms with van der Waals surface area (Å²) in [5.41, 5.74) is 1.64. The maximum Gasteiger partial charge on any atom is 0.200 e. The average molecular weight is 540 g/mol. The number of hydrazone groups is 1. The minimum absolute atomic E-state index is 0.116. The molecule has 0 aliphatic carbocycles. The van der Waals surface area contributed by atoms with Gasteiger partial charge in [0.1, 0.15) is 18.0 Å². The second-order valence-corrected chi connectivity index (χ2v) is 7.76. The summed E-state index contributed by atoms with van der Waals surface area (Å²) in [5.74, 6) is -10.1. The third-order valence-corrected chi connectivity index (χ3v) is 5.17. The maximum atomic E-state index is 13.7. The second kappa shape index (κ2) is 9.84. The Labute approximate surface area is 191 Å². The van der Waals surface area contributed by atoms with Crippen molar-refractivity contribution in [1.29, 1.82) is 0 Å². The van der Waals surface area contributed by atoms with Gasteiger partial charge in [-0.2, -0.15) is 5.10 Å². The zero-order chi connectivity index (χ0) is 22.7. The molecule has 0 unspecified atom stereocenters. The van der Waals surface area contributed by atoms with E-state index in [4.69, 9.17) is 27.9 Å². The molecule has 11 heteroatoms. The number of rotatable bonds is 6. The van der Waals surface area contributed by atoms with Gasteiger partial charge in [-0.25, -0.2) is 22.0 Å². The van der Waals surface area contributed by atoms with E-state index in [2.05, 4.69) is 21.0 Å². The summed E-state index contributed by atoms with van der Waals surface area (Å²) >= 11 is 15.1. The Balaban J connectivity index is 1.81. The lowest BCUT2D eigenvalue weighted by atomic mass is 10.2. The van der Waals surface area contributed by atoms with Crippen LogP contribution in [0.25, 0.3) is 0 Å². The first-order chi connectivity index (χ1) is 14.7. The highest BCUT2D eigenvalue weighted by molar-refractivity contribution is 9.10. The third-order valence-electron chi connectivity index (χ3n) is 3.94. The average Bonchev–Trinajstić information content (AvgIpc) is 2.75. The number of nitrogens with one attached hydrogen (secondary N) is 1. The summed E-state index contributed by atoms with van der Waals surface area (Å²) < 4.78 is 73.5. The molecule has 0 atom stereocenters. The van der Waals surface area contributed by atoms with Gasteiger partial charge in [-0.3, -0.25) is 5.43 Å². The Bertz CT molecular complexity index is 1150. The summed E-state index contributed by atoms with van der Waals surface area (Å²) in [7, 11) is 0. The van der Waals surface area contributed by atoms with E-state index in [9.17, 15) is 22.0 Å². The quantitative estimate of drug-likeness (QED) is 0.116. The number of nitrogens with zero attached hydrogens (tertiary/aromatic N) is 1. The monoisotopic (exact) mass is 538 g/mol. The van der Waals surface area contributed by atoms with Gasteiger partial charge in [0.2, 0.25) is 5.82 Å². The molecule has 0 heterocycles. The number of halogens is 8. The number of benzene rings is 3. The van der Waals surface area contributed by atoms with Crippen molar-refractivity contribution in [3.05, 3.63) is 91.1 Å². The molecule has 0 aliphatic rings. The van der Waals surface area contributed by atoms with Crippen LogP contribution < -0.4 is 10.2 Å². The highest BCUT2D eigenvalue weighted by Crippen LogP contribution is 2.28. The van der Waals surface area contributed by atoms with Crippen LogP contribution in [0.3, 0.4) is 0 Å². The molecule has 0 aliphatic heterocycles. The normalized spacial score (nSPS) is 11.2. The molecule has 0 aromatic heterocycles. The van der Waals surface area contributed by atoms with Gasteiger partial charge in [-0.05, 0) is 35.9 Å². The Morgan fingerprint density at radius 2 is 1.52 bits per heavy atom. The predicted octanol–water partition coefficient (Wildman–Crippen LogP) is 7.48. The number of ether oxygens (including phenoxy) is 1. The van der Waals surface area contributed by atoms with Crippen LogP contribution in [-0.4, -0.2) is 6.21 Å². The van der Waals surface area contributed by atoms with Gasteiger partial charge in [-0.15, -0.1) is 0 Å². The number of hydrogen-bond donors (Lipinski definition) is 1. The lowest BCUT2D eigenvalue weighted by Crippen LogP contribution is -2.07. The van der Waals surface area contributed by atoms with E-state index in [1.807, 2.05) is 5.43 Å². The molecule has 162 valence electrons. The molecule has 3 aromatic carbocycles. The fraction of sp³-hybridized carbons (Fsp3) is 0.0500. The fourth-order valence-corrected chi connectivity index (χ4v) is 3.11. The zero-order valence-electron chi connectivity index (χ0n) is 15.1. The van der Waals surface area contributed by atoms with Crippen LogP contribution in [0.2, 0.25) is 10.0 Å². The van der Waals surface area contributed by atoms with Crippen LogP contribution in [0.15, 0.2) is 46.0 Å². The summed E-state index contributed by atoms with van der Waals surface area (Å²) in [4.78, 5) is 0. The van der Waals surface area contributed by atoms with Crippen molar-refractivity contribution in [3.8, 4) is 5.75 Å². The molecule has 1 N–H and O–H groups in total. The molecule has 0 saturated heterocycles. The van der Waals surface area contributed by atoms with Gasteiger partial charge >= 0.3 is 0 Å². The Hall–Kier alpha value is -2.36. The van der Waals surface area contributed by atoms with E-state index in [0.29, 0.717) is 25.8 Å². The number of hydrogen-bond acceptors (Lipinski definition) is 3. The van der Waals surface area contributed by atoms with E-state index >= 15 is 0 Å². The van der Waals surface area contributed by atoms with E-state index in [0.717, 1.165) is 11.8 Å². The SMILES string of the molecule is Fc1c(F)c(F)c(NN=Cc2cc(Br)ccc2OCc2ccc(Cl)c(Cl)c2)c(F)c1F. The predicted molar refractivity (Wildman–Crippen MR) is 112 cm³/mol. The van der Waals surface area contributed by atoms with Crippen molar-refractivity contribution < 1.29 is 26.7 Å². The van der Waals surface area contributed by atoms with Gasteiger partial charge < -0.3 is 4.74 Å². The lowest BCUT2D eigenvalue weighted by Gasteiger charge is -2.11. The van der Waals surface area contributed by atoms with Gasteiger partial charge in [0.05, 0.1) is 16.3 Å². The molecule has 0 radical (unpaired) electrons. The molecule has 3 aromatic rings. The Morgan fingerprint density at radius 1 is 0.871 bits per heavy atom. The molecular weight excluding hydrogens is 530 g/mol. The van der Waals surface area contributed by atoms with Crippen LogP contribution in [-0.2, 0) is 6.61 Å². The molecule has 0 saturated carbocycles. The summed E-state index contributed by atoms with van der Waals surface area (Å²) in [6, 6.07) is 9.81. The maximum absolute atomic E-state index is 13.7. The van der Waals surface area contributed by atoms with E-state index in [-0.39, 0.29) is 6.61 Å². The van der Waals surface area contributed by atoms with Gasteiger partial charge in [0.15, 0.2) is 23.3 Å². The van der Waals surface area contributed by atoms with Crippen LogP contribution in [0.4, 0.5) is 27.6 Å². The summed E-state index contributed by atoms with van der Waals surface area (Å²) in [6.45, 7) is 0.116. The van der Waals surface area contributed by atoms with Crippen LogP contribution in [0, 0.1) is 29.1 Å². The molecule has 0 spiro atoms. The molecular formula is C20H10BrCl2F5N2O. The zero-order valence-corrected chi connectivity index (χ0v) is 18.2. The van der Waals surface area contributed by atoms with Crippen molar-refractivity contribution in [2.45, 2.75) is 6.61 Å². The van der Waals surface area contributed by atoms with Gasteiger partial charge in [0, 0.05) is 10.0 Å². The topological polar surface area (TPSA) is 33.6 Å². The van der Waals surface area contributed by atoms with Crippen molar-refractivity contribution in [2.75, 3.05) is 5.43 Å². The first-order valence-corrected chi connectivity index (χ1v) is 9.90. The van der Waals surface area contributed by atoms with Crippen molar-refractivity contribution in [2.24, 2.45) is 5.10 Å². The van der Waals surface area contributed by atoms with Crippen LogP contribution >= 0.6 is 39.1 Å². The van der Waals surface area contributed by atoms with E-state index in [1.165, 1.54) is 0 Å². The first-order valence-electron chi connectivity index (χ1n) is 8.35. The minimum Gasteiger partial charge on any atom is -0.488 e. The molecule has 0 amide bonds. The van der Waals surface area contributed by atoms with Crippen molar-refractivity contribution in [3.63, 3.8) is 0 Å². The highest BCUT2D eigenvalue weighted by Gasteiger charge is 2.25. The standard InChI is InChI=1S/C20H10BrCl2F5N2O/c21-11-2-4-14(31-8-9-1-3-12(22)13(23)5-9)10(6-11)7-29-30-20-18(27)16(25)15(24)17(26)19(20)28/h1-7,30H,8H2. The van der Waals surface area contributed by atoms with Crippen LogP contribution in [0.1, 0.15) is 11.1 Å². The number of anilines is 1. The van der Waals surface area contributed by atoms with E-state index in [1.54, 1.807) is 36.4 Å². The highest BCUT2D eigenvalue weighted by atomic mass is 79.9. The Morgan fingerprint density at radius 3 is 2.16 bits per heavy atom. The second-order valence-electron chi connectivity index (χ2n) is 6.03. The molecule has 0 fully saturated rings. The first kappa shape index (κ1) is 23.3. The van der Waals surface area contributed by atoms with Crippen LogP contribution in [0.5, 0.6) is 5.75 Å². The smallest absolute Gasteiger partial charge is 0.200 e. The van der Waals surface area contributed by atoms with Gasteiger partial charge in [0.25, 0.3) is 0 Å². The molecule has 31 heavy (non-hydrogen) atoms. The van der Waals surface area contributed by atoms with Crippen molar-refractivity contribution >= 4 is 51.0 Å². The summed E-state index contributed by atoms with van der Waals surface area (Å²) in [6.07, 6.45) is 1.10. The molecule has 3 nitrogen and oxygen atoms in total. The molecule has 3 rings (SSSR count). The van der Waals surface area contributed by atoms with Gasteiger partial charge in [-0.1, -0.05) is 45.2 Å². The molecule has 0 bridgehead atoms. The fourth-order valence-electron chi connectivity index (χ4n) is 2.41. The largest absolute Gasteiger partial charge is 0.488 e.